The average Bonchev–Trinajstić information content (AvgIpc) is 2.92. The zero-order valence-corrected chi connectivity index (χ0v) is 12.6. The van der Waals surface area contributed by atoms with Crippen molar-refractivity contribution in [1.82, 2.24) is 10.2 Å². The van der Waals surface area contributed by atoms with Crippen molar-refractivity contribution in [2.24, 2.45) is 0 Å². The van der Waals surface area contributed by atoms with E-state index in [1.54, 1.807) is 6.07 Å². The van der Waals surface area contributed by atoms with Crippen molar-refractivity contribution in [1.29, 1.82) is 0 Å². The van der Waals surface area contributed by atoms with Crippen molar-refractivity contribution < 1.29 is 18.3 Å². The molecule has 1 aromatic carbocycles. The molecule has 1 heterocycles. The highest BCUT2D eigenvalue weighted by Crippen LogP contribution is 2.24. The van der Waals surface area contributed by atoms with Gasteiger partial charge in [-0.1, -0.05) is 6.07 Å². The minimum absolute atomic E-state index is 0.143. The molecule has 1 aromatic heterocycles. The maximum absolute atomic E-state index is 13.1. The summed E-state index contributed by atoms with van der Waals surface area (Å²) < 4.78 is 23.7. The molecule has 0 aliphatic rings. The zero-order chi connectivity index (χ0) is 15.9. The summed E-state index contributed by atoms with van der Waals surface area (Å²) in [4.78, 5) is 13.9. The Hall–Kier alpha value is -2.34. The van der Waals surface area contributed by atoms with Crippen molar-refractivity contribution in [3.63, 3.8) is 0 Å². The molecule has 2 aromatic rings. The van der Waals surface area contributed by atoms with Gasteiger partial charge in [-0.15, -0.1) is 0 Å². The summed E-state index contributed by atoms with van der Waals surface area (Å²) >= 11 is 0. The van der Waals surface area contributed by atoms with Crippen LogP contribution in [-0.4, -0.2) is 38.0 Å². The molecule has 5 nitrogen and oxygen atoms in total. The zero-order valence-electron chi connectivity index (χ0n) is 12.6. The fourth-order valence-electron chi connectivity index (χ4n) is 1.83. The van der Waals surface area contributed by atoms with E-state index in [-0.39, 0.29) is 17.6 Å². The van der Waals surface area contributed by atoms with Crippen molar-refractivity contribution in [3.05, 3.63) is 48.0 Å². The second-order valence-electron chi connectivity index (χ2n) is 5.09. The third-order valence-electron chi connectivity index (χ3n) is 2.89. The highest BCUT2D eigenvalue weighted by Gasteiger charge is 2.12. The van der Waals surface area contributed by atoms with E-state index in [2.05, 4.69) is 5.32 Å². The third-order valence-corrected chi connectivity index (χ3v) is 2.89. The predicted octanol–water partition coefficient (Wildman–Crippen LogP) is 2.89. The van der Waals surface area contributed by atoms with Crippen LogP contribution < -0.4 is 10.1 Å². The Labute approximate surface area is 128 Å². The van der Waals surface area contributed by atoms with Crippen molar-refractivity contribution in [2.75, 3.05) is 27.2 Å². The molecule has 0 saturated carbocycles. The molecule has 0 unspecified atom stereocenters. The van der Waals surface area contributed by atoms with Gasteiger partial charge in [0.25, 0.3) is 11.9 Å². The Morgan fingerprint density at radius 3 is 2.86 bits per heavy atom. The monoisotopic (exact) mass is 306 g/mol. The summed E-state index contributed by atoms with van der Waals surface area (Å²) in [5, 5.41) is 2.77. The van der Waals surface area contributed by atoms with Gasteiger partial charge in [0.15, 0.2) is 5.76 Å². The molecule has 0 atom stereocenters. The Bertz CT molecular complexity index is 625. The van der Waals surface area contributed by atoms with Gasteiger partial charge < -0.3 is 19.4 Å². The minimum Gasteiger partial charge on any atom is -0.426 e. The van der Waals surface area contributed by atoms with Gasteiger partial charge in [-0.05, 0) is 45.3 Å². The first-order valence-corrected chi connectivity index (χ1v) is 7.01. The Balaban J connectivity index is 1.86. The molecule has 0 aliphatic carbocycles. The SMILES string of the molecule is CN(C)CCCNC(=O)c1ccc(Oc2cccc(F)c2)o1. The summed E-state index contributed by atoms with van der Waals surface area (Å²) in [5.74, 6) is -0.0802. The van der Waals surface area contributed by atoms with E-state index < -0.39 is 5.82 Å². The maximum atomic E-state index is 13.1. The van der Waals surface area contributed by atoms with E-state index in [0.717, 1.165) is 13.0 Å². The van der Waals surface area contributed by atoms with Crippen LogP contribution in [0.1, 0.15) is 17.0 Å². The minimum atomic E-state index is -0.400. The summed E-state index contributed by atoms with van der Waals surface area (Å²) in [6.45, 7) is 1.46. The highest BCUT2D eigenvalue weighted by molar-refractivity contribution is 5.91. The summed E-state index contributed by atoms with van der Waals surface area (Å²) in [6, 6.07) is 8.75. The number of benzene rings is 1. The largest absolute Gasteiger partial charge is 0.426 e. The molecular weight excluding hydrogens is 287 g/mol. The Morgan fingerprint density at radius 2 is 2.14 bits per heavy atom. The molecule has 6 heteroatoms. The molecule has 1 N–H and O–H groups in total. The van der Waals surface area contributed by atoms with Gasteiger partial charge in [-0.25, -0.2) is 4.39 Å². The lowest BCUT2D eigenvalue weighted by Crippen LogP contribution is -2.26. The summed E-state index contributed by atoms with van der Waals surface area (Å²) in [5.41, 5.74) is 0. The first-order valence-electron chi connectivity index (χ1n) is 7.01. The average molecular weight is 306 g/mol. The number of halogens is 1. The number of furan rings is 1. The van der Waals surface area contributed by atoms with Gasteiger partial charge in [-0.2, -0.15) is 0 Å². The maximum Gasteiger partial charge on any atom is 0.290 e. The molecule has 22 heavy (non-hydrogen) atoms. The second kappa shape index (κ2) is 7.61. The van der Waals surface area contributed by atoms with Gasteiger partial charge >= 0.3 is 0 Å². The number of hydrogen-bond acceptors (Lipinski definition) is 4. The van der Waals surface area contributed by atoms with Gasteiger partial charge in [0.05, 0.1) is 0 Å². The first kappa shape index (κ1) is 16.0. The Kier molecular flexibility index (Phi) is 5.55. The smallest absolute Gasteiger partial charge is 0.290 e. The van der Waals surface area contributed by atoms with Crippen LogP contribution in [0.5, 0.6) is 11.7 Å². The molecule has 0 saturated heterocycles. The number of amides is 1. The van der Waals surface area contributed by atoms with Gasteiger partial charge in [0, 0.05) is 18.7 Å². The van der Waals surface area contributed by atoms with Gasteiger partial charge in [0.2, 0.25) is 0 Å². The van der Waals surface area contributed by atoms with Crippen molar-refractivity contribution in [3.8, 4) is 11.7 Å². The van der Waals surface area contributed by atoms with E-state index in [0.29, 0.717) is 12.3 Å². The number of carbonyl (C=O) groups excluding carboxylic acids is 1. The van der Waals surface area contributed by atoms with Gasteiger partial charge in [0.1, 0.15) is 11.6 Å². The number of nitrogens with one attached hydrogen (secondary N) is 1. The van der Waals surface area contributed by atoms with Crippen molar-refractivity contribution >= 4 is 5.91 Å². The number of nitrogens with zero attached hydrogens (tertiary/aromatic N) is 1. The van der Waals surface area contributed by atoms with Crippen LogP contribution in [0.25, 0.3) is 0 Å². The van der Waals surface area contributed by atoms with Crippen LogP contribution in [0.3, 0.4) is 0 Å². The van der Waals surface area contributed by atoms with E-state index in [9.17, 15) is 9.18 Å². The predicted molar refractivity (Wildman–Crippen MR) is 80.7 cm³/mol. The van der Waals surface area contributed by atoms with Crippen LogP contribution in [0, 0.1) is 5.82 Å². The lowest BCUT2D eigenvalue weighted by molar-refractivity contribution is 0.0919. The first-order chi connectivity index (χ1) is 10.5. The number of hydrogen-bond donors (Lipinski definition) is 1. The third kappa shape index (κ3) is 4.89. The number of ether oxygens (including phenoxy) is 1. The molecular formula is C16H19FN2O3. The molecule has 0 spiro atoms. The van der Waals surface area contributed by atoms with Gasteiger partial charge in [-0.3, -0.25) is 4.79 Å². The topological polar surface area (TPSA) is 54.7 Å². The van der Waals surface area contributed by atoms with Crippen molar-refractivity contribution in [2.45, 2.75) is 6.42 Å². The Morgan fingerprint density at radius 1 is 1.32 bits per heavy atom. The summed E-state index contributed by atoms with van der Waals surface area (Å²) in [6.07, 6.45) is 0.853. The van der Waals surface area contributed by atoms with E-state index in [1.165, 1.54) is 30.3 Å². The fourth-order valence-corrected chi connectivity index (χ4v) is 1.83. The van der Waals surface area contributed by atoms with E-state index in [1.807, 2.05) is 19.0 Å². The number of rotatable bonds is 7. The fraction of sp³-hybridized carbons (Fsp3) is 0.312. The van der Waals surface area contributed by atoms with E-state index in [4.69, 9.17) is 9.15 Å². The lowest BCUT2D eigenvalue weighted by Gasteiger charge is -2.09. The normalized spacial score (nSPS) is 10.7. The molecule has 2 rings (SSSR count). The molecule has 0 radical (unpaired) electrons. The highest BCUT2D eigenvalue weighted by atomic mass is 19.1. The van der Waals surface area contributed by atoms with Crippen LogP contribution in [0.2, 0.25) is 0 Å². The molecule has 0 aliphatic heterocycles. The summed E-state index contributed by atoms with van der Waals surface area (Å²) in [7, 11) is 3.95. The van der Waals surface area contributed by atoms with Crippen LogP contribution in [0.15, 0.2) is 40.8 Å². The lowest BCUT2D eigenvalue weighted by atomic mass is 10.3. The quantitative estimate of drug-likeness (QED) is 0.799. The molecule has 0 fully saturated rings. The molecule has 0 bridgehead atoms. The number of carbonyl (C=O) groups is 1. The molecule has 118 valence electrons. The molecule has 1 amide bonds. The van der Waals surface area contributed by atoms with Crippen LogP contribution >= 0.6 is 0 Å². The second-order valence-corrected chi connectivity index (χ2v) is 5.09. The van der Waals surface area contributed by atoms with Crippen LogP contribution in [-0.2, 0) is 0 Å². The van der Waals surface area contributed by atoms with Crippen LogP contribution in [0.4, 0.5) is 4.39 Å². The standard InChI is InChI=1S/C16H19FN2O3/c1-19(2)10-4-9-18-16(20)14-7-8-15(22-14)21-13-6-3-5-12(17)11-13/h3,5-8,11H,4,9-10H2,1-2H3,(H,18,20). The van der Waals surface area contributed by atoms with E-state index >= 15 is 0 Å².